The molecule has 6 rings (SSSR count). The lowest BCUT2D eigenvalue weighted by Crippen LogP contribution is -2.48. The largest absolute Gasteiger partial charge is 0.448 e. The van der Waals surface area contributed by atoms with Gasteiger partial charge in [-0.15, -0.1) is 11.3 Å². The number of nitrogens with two attached hydrogens (primary N) is 1. The summed E-state index contributed by atoms with van der Waals surface area (Å²) in [6, 6.07) is 19.3. The number of rotatable bonds is 4. The van der Waals surface area contributed by atoms with Crippen molar-refractivity contribution in [1.82, 2.24) is 24.8 Å². The van der Waals surface area contributed by atoms with Crippen LogP contribution in [0.15, 0.2) is 65.1 Å². The predicted molar refractivity (Wildman–Crippen MR) is 132 cm³/mol. The van der Waals surface area contributed by atoms with Crippen molar-refractivity contribution in [2.75, 3.05) is 31.9 Å². The molecule has 1 saturated heterocycles. The second kappa shape index (κ2) is 8.51. The van der Waals surface area contributed by atoms with Crippen molar-refractivity contribution in [2.45, 2.75) is 6.54 Å². The van der Waals surface area contributed by atoms with Crippen molar-refractivity contribution in [3.05, 3.63) is 72.2 Å². The van der Waals surface area contributed by atoms with E-state index in [1.165, 1.54) is 0 Å². The second-order valence-corrected chi connectivity index (χ2v) is 9.29. The Morgan fingerprint density at radius 2 is 1.68 bits per heavy atom. The number of carbonyl (C=O) groups excluding carboxylic acids is 1. The van der Waals surface area contributed by atoms with Crippen LogP contribution < -0.4 is 5.73 Å². The van der Waals surface area contributed by atoms with Gasteiger partial charge in [-0.3, -0.25) is 9.69 Å². The maximum Gasteiger partial charge on any atom is 0.289 e. The van der Waals surface area contributed by atoms with E-state index < -0.39 is 0 Å². The van der Waals surface area contributed by atoms with Crippen molar-refractivity contribution in [2.24, 2.45) is 0 Å². The number of carbonyl (C=O) groups is 1. The molecule has 2 N–H and O–H groups in total. The van der Waals surface area contributed by atoms with Gasteiger partial charge in [0.2, 0.25) is 0 Å². The van der Waals surface area contributed by atoms with E-state index in [0.717, 1.165) is 39.2 Å². The van der Waals surface area contributed by atoms with Crippen LogP contribution in [-0.4, -0.2) is 56.8 Å². The van der Waals surface area contributed by atoms with Crippen LogP contribution in [-0.2, 0) is 6.54 Å². The normalized spacial score (nSPS) is 14.8. The van der Waals surface area contributed by atoms with E-state index in [2.05, 4.69) is 19.9 Å². The number of hydrogen-bond acceptors (Lipinski definition) is 8. The Morgan fingerprint density at radius 3 is 2.50 bits per heavy atom. The van der Waals surface area contributed by atoms with E-state index in [1.54, 1.807) is 17.4 Å². The molecule has 0 atom stereocenters. The maximum atomic E-state index is 13.0. The molecule has 0 spiro atoms. The van der Waals surface area contributed by atoms with Crippen molar-refractivity contribution in [3.63, 3.8) is 0 Å². The quantitative estimate of drug-likeness (QED) is 0.423. The highest BCUT2D eigenvalue weighted by Crippen LogP contribution is 2.31. The zero-order chi connectivity index (χ0) is 23.1. The number of nitrogens with zero attached hydrogens (tertiary/aromatic N) is 5. The summed E-state index contributed by atoms with van der Waals surface area (Å²) < 4.78 is 6.99. The summed E-state index contributed by atoms with van der Waals surface area (Å²) in [6.45, 7) is 3.28. The Hall–Kier alpha value is -3.82. The SMILES string of the molecule is Nc1nc(CN2CCN(C(=O)c3ccc(-c4nc5ccccc5s4)o3)CC2)nc2ccccc12. The number of thiazole rings is 1. The van der Waals surface area contributed by atoms with Crippen molar-refractivity contribution >= 4 is 44.2 Å². The van der Waals surface area contributed by atoms with Gasteiger partial charge < -0.3 is 15.1 Å². The highest BCUT2D eigenvalue weighted by Gasteiger charge is 2.25. The first-order valence-electron chi connectivity index (χ1n) is 11.1. The standard InChI is InChI=1S/C25H22N6O2S/c26-23-16-5-1-2-6-17(16)27-22(29-23)15-30-11-13-31(14-12-30)25(32)20-10-9-19(33-20)24-28-18-7-3-4-8-21(18)34-24/h1-10H,11-15H2,(H2,26,27,29). The number of benzene rings is 2. The van der Waals surface area contributed by atoms with Gasteiger partial charge in [-0.2, -0.15) is 0 Å². The van der Waals surface area contributed by atoms with Gasteiger partial charge in [0.05, 0.1) is 22.3 Å². The number of aromatic nitrogens is 3. The smallest absolute Gasteiger partial charge is 0.289 e. The van der Waals surface area contributed by atoms with Crippen molar-refractivity contribution < 1.29 is 9.21 Å². The third-order valence-corrected chi connectivity index (χ3v) is 7.08. The van der Waals surface area contributed by atoms with Gasteiger partial charge in [0.1, 0.15) is 11.6 Å². The van der Waals surface area contributed by atoms with Crippen LogP contribution in [0.25, 0.3) is 31.9 Å². The highest BCUT2D eigenvalue weighted by atomic mass is 32.1. The van der Waals surface area contributed by atoms with Gasteiger partial charge >= 0.3 is 0 Å². The molecule has 1 aliphatic heterocycles. The van der Waals surface area contributed by atoms with Crippen LogP contribution in [0.4, 0.5) is 5.82 Å². The molecule has 0 radical (unpaired) electrons. The molecule has 9 heteroatoms. The minimum atomic E-state index is -0.0989. The molecule has 5 aromatic rings. The first-order chi connectivity index (χ1) is 16.6. The molecule has 3 aromatic heterocycles. The van der Waals surface area contributed by atoms with Crippen LogP contribution in [0, 0.1) is 0 Å². The Balaban J connectivity index is 1.11. The summed E-state index contributed by atoms with van der Waals surface area (Å²) in [5.41, 5.74) is 7.90. The Bertz CT molecular complexity index is 1470. The van der Waals surface area contributed by atoms with Gasteiger partial charge in [0.25, 0.3) is 5.91 Å². The molecule has 0 unspecified atom stereocenters. The van der Waals surface area contributed by atoms with E-state index in [0.29, 0.717) is 42.8 Å². The first-order valence-corrected chi connectivity index (χ1v) is 11.9. The van der Waals surface area contributed by atoms with E-state index in [9.17, 15) is 4.79 Å². The Labute approximate surface area is 199 Å². The van der Waals surface area contributed by atoms with Crippen LogP contribution in [0.5, 0.6) is 0 Å². The maximum absolute atomic E-state index is 13.0. The van der Waals surface area contributed by atoms with Crippen LogP contribution in [0.3, 0.4) is 0 Å². The van der Waals surface area contributed by atoms with Crippen molar-refractivity contribution in [3.8, 4) is 10.8 Å². The topological polar surface area (TPSA) is 101 Å². The number of amides is 1. The molecule has 1 amide bonds. The molecule has 0 bridgehead atoms. The van der Waals surface area contributed by atoms with E-state index >= 15 is 0 Å². The van der Waals surface area contributed by atoms with E-state index in [4.69, 9.17) is 10.2 Å². The summed E-state index contributed by atoms with van der Waals surface area (Å²) in [4.78, 5) is 30.8. The third kappa shape index (κ3) is 3.89. The molecule has 0 saturated carbocycles. The molecule has 170 valence electrons. The third-order valence-electron chi connectivity index (χ3n) is 6.03. The minimum Gasteiger partial charge on any atom is -0.448 e. The summed E-state index contributed by atoms with van der Waals surface area (Å²) in [5, 5.41) is 1.64. The molecular formula is C25H22N6O2S. The molecule has 2 aromatic carbocycles. The lowest BCUT2D eigenvalue weighted by Gasteiger charge is -2.33. The predicted octanol–water partition coefficient (Wildman–Crippen LogP) is 4.04. The van der Waals surface area contributed by atoms with Crippen LogP contribution >= 0.6 is 11.3 Å². The fourth-order valence-electron chi connectivity index (χ4n) is 4.23. The van der Waals surface area contributed by atoms with Gasteiger partial charge in [-0.1, -0.05) is 24.3 Å². The monoisotopic (exact) mass is 470 g/mol. The molecular weight excluding hydrogens is 448 g/mol. The van der Waals surface area contributed by atoms with Gasteiger partial charge in [0, 0.05) is 31.6 Å². The number of anilines is 1. The van der Waals surface area contributed by atoms with E-state index in [1.807, 2.05) is 59.5 Å². The summed E-state index contributed by atoms with van der Waals surface area (Å²) in [5.74, 6) is 2.06. The lowest BCUT2D eigenvalue weighted by atomic mass is 10.2. The fourth-order valence-corrected chi connectivity index (χ4v) is 5.16. The minimum absolute atomic E-state index is 0.0989. The number of furan rings is 1. The summed E-state index contributed by atoms with van der Waals surface area (Å²) in [7, 11) is 0. The highest BCUT2D eigenvalue weighted by molar-refractivity contribution is 7.21. The van der Waals surface area contributed by atoms with Gasteiger partial charge in [-0.25, -0.2) is 15.0 Å². The molecule has 1 aliphatic rings. The fraction of sp³-hybridized carbons (Fsp3) is 0.200. The van der Waals surface area contributed by atoms with Crippen LogP contribution in [0.1, 0.15) is 16.4 Å². The first kappa shape index (κ1) is 20.8. The average Bonchev–Trinajstić information content (AvgIpc) is 3.52. The number of nitrogen functional groups attached to an aromatic ring is 1. The molecule has 0 aliphatic carbocycles. The molecule has 8 nitrogen and oxygen atoms in total. The lowest BCUT2D eigenvalue weighted by molar-refractivity contribution is 0.0596. The zero-order valence-electron chi connectivity index (χ0n) is 18.3. The van der Waals surface area contributed by atoms with Gasteiger partial charge in [0.15, 0.2) is 16.5 Å². The summed E-state index contributed by atoms with van der Waals surface area (Å²) in [6.07, 6.45) is 0. The number of piperazine rings is 1. The number of hydrogen-bond donors (Lipinski definition) is 1. The van der Waals surface area contributed by atoms with Gasteiger partial charge in [-0.05, 0) is 36.4 Å². The Morgan fingerprint density at radius 1 is 0.912 bits per heavy atom. The number of para-hydroxylation sites is 2. The molecule has 34 heavy (non-hydrogen) atoms. The Kier molecular flexibility index (Phi) is 5.20. The van der Waals surface area contributed by atoms with Crippen molar-refractivity contribution in [1.29, 1.82) is 0 Å². The second-order valence-electron chi connectivity index (χ2n) is 8.26. The van der Waals surface area contributed by atoms with E-state index in [-0.39, 0.29) is 5.91 Å². The average molecular weight is 471 g/mol. The molecule has 4 heterocycles. The zero-order valence-corrected chi connectivity index (χ0v) is 19.2. The van der Waals surface area contributed by atoms with Crippen LogP contribution in [0.2, 0.25) is 0 Å². The summed E-state index contributed by atoms with van der Waals surface area (Å²) >= 11 is 1.56. The number of fused-ring (bicyclic) bond motifs is 2. The molecule has 1 fully saturated rings.